The fourth-order valence-electron chi connectivity index (χ4n) is 2.87. The van der Waals surface area contributed by atoms with Gasteiger partial charge in [0.15, 0.2) is 0 Å². The van der Waals surface area contributed by atoms with Gasteiger partial charge in [-0.3, -0.25) is 9.59 Å². The number of carbonyl (C=O) groups is 2. The van der Waals surface area contributed by atoms with E-state index in [0.29, 0.717) is 39.6 Å². The molecule has 2 heterocycles. The first-order chi connectivity index (χ1) is 13.1. The van der Waals surface area contributed by atoms with E-state index < -0.39 is 0 Å². The maximum atomic E-state index is 12.6. The lowest BCUT2D eigenvalue weighted by Crippen LogP contribution is -2.12. The average molecular weight is 360 g/mol. The second-order valence-electron chi connectivity index (χ2n) is 5.97. The molecule has 0 fully saturated rings. The minimum atomic E-state index is -0.264. The number of rotatable bonds is 4. The summed E-state index contributed by atoms with van der Waals surface area (Å²) in [7, 11) is 1.58. The topological polar surface area (TPSA) is 80.6 Å². The van der Waals surface area contributed by atoms with Crippen LogP contribution in [0.15, 0.2) is 65.3 Å². The molecule has 27 heavy (non-hydrogen) atoms. The summed E-state index contributed by atoms with van der Waals surface area (Å²) in [6.07, 6.45) is 3.20. The van der Waals surface area contributed by atoms with E-state index in [2.05, 4.69) is 10.6 Å². The quantitative estimate of drug-likeness (QED) is 0.688. The lowest BCUT2D eigenvalue weighted by Gasteiger charge is -2.08. The Morgan fingerprint density at radius 1 is 1.15 bits per heavy atom. The van der Waals surface area contributed by atoms with Gasteiger partial charge < -0.3 is 19.8 Å². The van der Waals surface area contributed by atoms with Crippen molar-refractivity contribution in [2.24, 2.45) is 0 Å². The highest BCUT2D eigenvalue weighted by molar-refractivity contribution is 6.35. The molecule has 4 rings (SSSR count). The molecular formula is C21H16N2O4. The van der Waals surface area contributed by atoms with Crippen LogP contribution in [0.1, 0.15) is 21.7 Å². The number of fused-ring (bicyclic) bond motifs is 1. The van der Waals surface area contributed by atoms with Gasteiger partial charge in [-0.1, -0.05) is 0 Å². The molecule has 6 heteroatoms. The van der Waals surface area contributed by atoms with E-state index >= 15 is 0 Å². The molecule has 2 aromatic carbocycles. The largest absolute Gasteiger partial charge is 0.497 e. The molecule has 0 atom stereocenters. The molecule has 3 aromatic rings. The predicted molar refractivity (Wildman–Crippen MR) is 103 cm³/mol. The molecule has 0 bridgehead atoms. The van der Waals surface area contributed by atoms with E-state index in [9.17, 15) is 9.59 Å². The van der Waals surface area contributed by atoms with Crippen molar-refractivity contribution in [2.45, 2.75) is 0 Å². The maximum absolute atomic E-state index is 12.6. The van der Waals surface area contributed by atoms with Crippen LogP contribution in [0.2, 0.25) is 0 Å². The van der Waals surface area contributed by atoms with Crippen molar-refractivity contribution in [2.75, 3.05) is 17.7 Å². The number of anilines is 2. The zero-order valence-electron chi connectivity index (χ0n) is 14.5. The van der Waals surface area contributed by atoms with Crippen molar-refractivity contribution >= 4 is 34.8 Å². The Morgan fingerprint density at radius 3 is 2.67 bits per heavy atom. The number of furan rings is 1. The van der Waals surface area contributed by atoms with Gasteiger partial charge in [-0.25, -0.2) is 0 Å². The van der Waals surface area contributed by atoms with Crippen LogP contribution >= 0.6 is 0 Å². The van der Waals surface area contributed by atoms with Crippen molar-refractivity contribution in [3.05, 3.63) is 77.7 Å². The van der Waals surface area contributed by atoms with Gasteiger partial charge in [0.05, 0.1) is 18.9 Å². The molecule has 6 nitrogen and oxygen atoms in total. The summed E-state index contributed by atoms with van der Waals surface area (Å²) >= 11 is 0. The highest BCUT2D eigenvalue weighted by atomic mass is 16.5. The summed E-state index contributed by atoms with van der Waals surface area (Å²) in [4.78, 5) is 24.8. The van der Waals surface area contributed by atoms with Gasteiger partial charge in [0, 0.05) is 22.5 Å². The second kappa shape index (κ2) is 6.84. The minimum Gasteiger partial charge on any atom is -0.497 e. The number of ether oxygens (including phenoxy) is 1. The Labute approximate surface area is 155 Å². The highest BCUT2D eigenvalue weighted by Crippen LogP contribution is 2.34. The number of nitrogens with one attached hydrogen (secondary N) is 2. The molecule has 1 aromatic heterocycles. The van der Waals surface area contributed by atoms with E-state index in [4.69, 9.17) is 9.15 Å². The summed E-state index contributed by atoms with van der Waals surface area (Å²) in [6, 6.07) is 15.7. The molecule has 0 saturated carbocycles. The van der Waals surface area contributed by atoms with Crippen molar-refractivity contribution in [1.82, 2.24) is 0 Å². The molecule has 2 amide bonds. The first-order valence-electron chi connectivity index (χ1n) is 8.30. The minimum absolute atomic E-state index is 0.228. The smallest absolute Gasteiger partial charge is 0.256 e. The monoisotopic (exact) mass is 360 g/mol. The zero-order chi connectivity index (χ0) is 18.8. The van der Waals surface area contributed by atoms with Crippen LogP contribution in [0.25, 0.3) is 11.6 Å². The second-order valence-corrected chi connectivity index (χ2v) is 5.97. The Hall–Kier alpha value is -3.80. The summed E-state index contributed by atoms with van der Waals surface area (Å²) in [5.41, 5.74) is 2.89. The molecule has 0 radical (unpaired) electrons. The third-order valence-electron chi connectivity index (χ3n) is 4.24. The molecular weight excluding hydrogens is 344 g/mol. The van der Waals surface area contributed by atoms with Crippen molar-refractivity contribution < 1.29 is 18.7 Å². The van der Waals surface area contributed by atoms with E-state index in [1.54, 1.807) is 74.0 Å². The van der Waals surface area contributed by atoms with E-state index in [-0.39, 0.29) is 11.8 Å². The van der Waals surface area contributed by atoms with Crippen LogP contribution < -0.4 is 15.4 Å². The first-order valence-corrected chi connectivity index (χ1v) is 8.30. The number of hydrogen-bond donors (Lipinski definition) is 2. The molecule has 0 aliphatic carbocycles. The SMILES string of the molecule is COc1ccc(NC(=O)c2ccc3c(c2)/C(=C/c2ccco2)C(=O)N3)cc1. The maximum Gasteiger partial charge on any atom is 0.256 e. The lowest BCUT2D eigenvalue weighted by molar-refractivity contribution is -0.110. The summed E-state index contributed by atoms with van der Waals surface area (Å²) in [6.45, 7) is 0. The number of amides is 2. The Balaban J connectivity index is 1.61. The van der Waals surface area contributed by atoms with Gasteiger partial charge in [-0.2, -0.15) is 0 Å². The molecule has 0 spiro atoms. The molecule has 134 valence electrons. The van der Waals surface area contributed by atoms with Crippen molar-refractivity contribution in [1.29, 1.82) is 0 Å². The molecule has 1 aliphatic rings. The van der Waals surface area contributed by atoms with Gasteiger partial charge >= 0.3 is 0 Å². The van der Waals surface area contributed by atoms with Gasteiger partial charge in [-0.15, -0.1) is 0 Å². The molecule has 0 saturated heterocycles. The molecule has 1 aliphatic heterocycles. The third kappa shape index (κ3) is 3.32. The predicted octanol–water partition coefficient (Wildman–Crippen LogP) is 4.03. The number of hydrogen-bond acceptors (Lipinski definition) is 4. The van der Waals surface area contributed by atoms with Crippen molar-refractivity contribution in [3.8, 4) is 5.75 Å². The summed E-state index contributed by atoms with van der Waals surface area (Å²) in [5, 5.41) is 5.63. The van der Waals surface area contributed by atoms with E-state index in [1.165, 1.54) is 0 Å². The lowest BCUT2D eigenvalue weighted by atomic mass is 10.0. The Bertz CT molecular complexity index is 1030. The summed E-state index contributed by atoms with van der Waals surface area (Å²) in [5.74, 6) is 0.790. The average Bonchev–Trinajstić information content (AvgIpc) is 3.30. The van der Waals surface area contributed by atoms with Crippen LogP contribution in [-0.4, -0.2) is 18.9 Å². The molecule has 0 unspecified atom stereocenters. The van der Waals surface area contributed by atoms with Gasteiger partial charge in [0.2, 0.25) is 0 Å². The van der Waals surface area contributed by atoms with Crippen LogP contribution in [0.5, 0.6) is 5.75 Å². The molecule has 2 N–H and O–H groups in total. The Morgan fingerprint density at radius 2 is 1.96 bits per heavy atom. The number of carbonyl (C=O) groups excluding carboxylic acids is 2. The summed E-state index contributed by atoms with van der Waals surface area (Å²) < 4.78 is 10.4. The number of methoxy groups -OCH3 is 1. The Kier molecular flexibility index (Phi) is 4.22. The first kappa shape index (κ1) is 16.7. The van der Waals surface area contributed by atoms with Crippen LogP contribution in [0.3, 0.4) is 0 Å². The van der Waals surface area contributed by atoms with Crippen LogP contribution in [0, 0.1) is 0 Å². The zero-order valence-corrected chi connectivity index (χ0v) is 14.5. The van der Waals surface area contributed by atoms with E-state index in [1.807, 2.05) is 0 Å². The van der Waals surface area contributed by atoms with Gasteiger partial charge in [0.1, 0.15) is 11.5 Å². The van der Waals surface area contributed by atoms with Crippen LogP contribution in [-0.2, 0) is 4.79 Å². The van der Waals surface area contributed by atoms with Crippen LogP contribution in [0.4, 0.5) is 11.4 Å². The normalized spacial score (nSPS) is 14.0. The third-order valence-corrected chi connectivity index (χ3v) is 4.24. The van der Waals surface area contributed by atoms with E-state index in [0.717, 1.165) is 0 Å². The number of benzene rings is 2. The fourth-order valence-corrected chi connectivity index (χ4v) is 2.87. The standard InChI is InChI=1S/C21H16N2O4/c1-26-15-7-5-14(6-8-15)22-20(24)13-4-9-19-17(11-13)18(21(25)23-19)12-16-3-2-10-27-16/h2-12H,1H3,(H,22,24)(H,23,25)/b18-12-. The van der Waals surface area contributed by atoms with Gasteiger partial charge in [-0.05, 0) is 60.7 Å². The highest BCUT2D eigenvalue weighted by Gasteiger charge is 2.25. The van der Waals surface area contributed by atoms with Gasteiger partial charge in [0.25, 0.3) is 11.8 Å². The van der Waals surface area contributed by atoms with Crippen molar-refractivity contribution in [3.63, 3.8) is 0 Å². The fraction of sp³-hybridized carbons (Fsp3) is 0.0476.